The molecule has 1 N–H and O–H groups in total. The van der Waals surface area contributed by atoms with Gasteiger partial charge in [-0.25, -0.2) is 9.97 Å². The fraction of sp³-hybridized carbons (Fsp3) is 0.500. The van der Waals surface area contributed by atoms with Crippen molar-refractivity contribution in [3.05, 3.63) is 29.7 Å². The number of rotatable bonds is 4. The smallest absolute Gasteiger partial charge is 0.269 e. The first-order valence-electron chi connectivity index (χ1n) is 8.00. The Bertz CT molecular complexity index is 723. The monoisotopic (exact) mass is 346 g/mol. The molecule has 24 heavy (non-hydrogen) atoms. The molecule has 0 radical (unpaired) electrons. The number of hydrogen-bond donors (Lipinski definition) is 1. The summed E-state index contributed by atoms with van der Waals surface area (Å²) in [5.74, 6) is 0.916. The Kier molecular flexibility index (Phi) is 5.03. The molecule has 0 aromatic carbocycles. The van der Waals surface area contributed by atoms with E-state index in [9.17, 15) is 4.79 Å². The maximum atomic E-state index is 12.3. The molecule has 0 aliphatic carbocycles. The molecule has 0 spiro atoms. The molecule has 0 bridgehead atoms. The molecule has 8 heteroatoms. The summed E-state index contributed by atoms with van der Waals surface area (Å²) in [6, 6.07) is 3.94. The van der Waals surface area contributed by atoms with Gasteiger partial charge in [0.1, 0.15) is 11.5 Å². The second-order valence-corrected chi connectivity index (χ2v) is 6.70. The maximum Gasteiger partial charge on any atom is 0.269 e. The Balaban J connectivity index is 1.59. The lowest BCUT2D eigenvalue weighted by Crippen LogP contribution is -2.45. The molecule has 0 atom stereocenters. The zero-order chi connectivity index (χ0) is 17.1. The van der Waals surface area contributed by atoms with Crippen LogP contribution in [0.25, 0.3) is 0 Å². The molecule has 1 aliphatic rings. The van der Waals surface area contributed by atoms with Gasteiger partial charge < -0.3 is 10.2 Å². The van der Waals surface area contributed by atoms with Crippen molar-refractivity contribution in [2.24, 2.45) is 7.05 Å². The summed E-state index contributed by atoms with van der Waals surface area (Å²) in [5.41, 5.74) is 1.57. The molecule has 2 aromatic heterocycles. The fourth-order valence-corrected chi connectivity index (χ4v) is 3.31. The highest BCUT2D eigenvalue weighted by atomic mass is 32.2. The van der Waals surface area contributed by atoms with E-state index in [1.807, 2.05) is 19.2 Å². The van der Waals surface area contributed by atoms with Gasteiger partial charge in [-0.05, 0) is 32.1 Å². The van der Waals surface area contributed by atoms with Crippen molar-refractivity contribution in [1.29, 1.82) is 0 Å². The molecule has 1 amide bonds. The molecule has 0 saturated carbocycles. The third-order valence-electron chi connectivity index (χ3n) is 4.21. The molecule has 3 heterocycles. The normalized spacial score (nSPS) is 15.5. The number of carbonyl (C=O) groups is 1. The highest BCUT2D eigenvalue weighted by Crippen LogP contribution is 2.21. The number of nitrogens with zero attached hydrogens (tertiary/aromatic N) is 5. The van der Waals surface area contributed by atoms with Gasteiger partial charge in [-0.2, -0.15) is 5.10 Å². The van der Waals surface area contributed by atoms with E-state index in [1.54, 1.807) is 35.8 Å². The highest BCUT2D eigenvalue weighted by molar-refractivity contribution is 7.98. The van der Waals surface area contributed by atoms with Gasteiger partial charge in [0.05, 0.1) is 0 Å². The molecule has 0 unspecified atom stereocenters. The van der Waals surface area contributed by atoms with Crippen molar-refractivity contribution in [1.82, 2.24) is 25.1 Å². The number of carbonyl (C=O) groups excluding carboxylic acids is 1. The van der Waals surface area contributed by atoms with E-state index < -0.39 is 0 Å². The number of nitrogens with one attached hydrogen (secondary N) is 1. The Labute approximate surface area is 145 Å². The van der Waals surface area contributed by atoms with Crippen molar-refractivity contribution in [2.75, 3.05) is 24.2 Å². The topological polar surface area (TPSA) is 75.9 Å². The molecule has 1 aliphatic heterocycles. The summed E-state index contributed by atoms with van der Waals surface area (Å²) in [5, 5.41) is 7.95. The SMILES string of the molecule is CSc1nc(C)cc(N2CCC(NC(=O)c3ccnn3C)CC2)n1. The van der Waals surface area contributed by atoms with Crippen LogP contribution in [0.1, 0.15) is 29.0 Å². The summed E-state index contributed by atoms with van der Waals surface area (Å²) in [6.45, 7) is 3.74. The minimum atomic E-state index is -0.0593. The van der Waals surface area contributed by atoms with E-state index in [4.69, 9.17) is 0 Å². The summed E-state index contributed by atoms with van der Waals surface area (Å²) in [6.07, 6.45) is 5.43. The van der Waals surface area contributed by atoms with Crippen molar-refractivity contribution in [2.45, 2.75) is 31.0 Å². The van der Waals surface area contributed by atoms with E-state index in [2.05, 4.69) is 25.3 Å². The molecule has 3 rings (SSSR count). The number of anilines is 1. The Hall–Kier alpha value is -2.09. The van der Waals surface area contributed by atoms with Crippen LogP contribution in [0.4, 0.5) is 5.82 Å². The minimum Gasteiger partial charge on any atom is -0.356 e. The van der Waals surface area contributed by atoms with Gasteiger partial charge in [0.25, 0.3) is 5.91 Å². The molecule has 1 fully saturated rings. The first-order valence-corrected chi connectivity index (χ1v) is 9.23. The minimum absolute atomic E-state index is 0.0593. The number of piperidine rings is 1. The zero-order valence-corrected chi connectivity index (χ0v) is 15.0. The second-order valence-electron chi connectivity index (χ2n) is 5.93. The molecule has 7 nitrogen and oxygen atoms in total. The predicted octanol–water partition coefficient (Wildman–Crippen LogP) is 1.64. The lowest BCUT2D eigenvalue weighted by molar-refractivity contribution is 0.0921. The van der Waals surface area contributed by atoms with Gasteiger partial charge in [0.2, 0.25) is 0 Å². The van der Waals surface area contributed by atoms with E-state index in [0.29, 0.717) is 5.69 Å². The predicted molar refractivity (Wildman–Crippen MR) is 94.5 cm³/mol. The third kappa shape index (κ3) is 3.69. The van der Waals surface area contributed by atoms with E-state index in [1.165, 1.54) is 0 Å². The van der Waals surface area contributed by atoms with Crippen molar-refractivity contribution >= 4 is 23.5 Å². The Morgan fingerprint density at radius 3 is 2.71 bits per heavy atom. The average molecular weight is 346 g/mol. The molecule has 128 valence electrons. The molecule has 2 aromatic rings. The highest BCUT2D eigenvalue weighted by Gasteiger charge is 2.23. The zero-order valence-electron chi connectivity index (χ0n) is 14.2. The van der Waals surface area contributed by atoms with Gasteiger partial charge >= 0.3 is 0 Å². The van der Waals surface area contributed by atoms with Gasteiger partial charge in [-0.15, -0.1) is 0 Å². The number of aryl methyl sites for hydroxylation is 2. The lowest BCUT2D eigenvalue weighted by Gasteiger charge is -2.33. The van der Waals surface area contributed by atoms with Crippen LogP contribution in [-0.4, -0.2) is 51.0 Å². The summed E-state index contributed by atoms with van der Waals surface area (Å²) in [4.78, 5) is 23.5. The van der Waals surface area contributed by atoms with E-state index in [-0.39, 0.29) is 11.9 Å². The quantitative estimate of drug-likeness (QED) is 0.670. The van der Waals surface area contributed by atoms with Gasteiger partial charge in [-0.1, -0.05) is 11.8 Å². The van der Waals surface area contributed by atoms with Crippen molar-refractivity contribution in [3.63, 3.8) is 0 Å². The standard InChI is InChI=1S/C16H22N6OS/c1-11-10-14(20-16(18-11)24-3)22-8-5-12(6-9-22)19-15(23)13-4-7-17-21(13)2/h4,7,10,12H,5-6,8-9H2,1-3H3,(H,19,23). The van der Waals surface area contributed by atoms with Gasteiger partial charge in [0, 0.05) is 44.1 Å². The number of aromatic nitrogens is 4. The van der Waals surface area contributed by atoms with E-state index >= 15 is 0 Å². The fourth-order valence-electron chi connectivity index (χ4n) is 2.89. The van der Waals surface area contributed by atoms with Crippen LogP contribution in [0.3, 0.4) is 0 Å². The summed E-state index contributed by atoms with van der Waals surface area (Å²) < 4.78 is 1.60. The van der Waals surface area contributed by atoms with Gasteiger partial charge in [-0.3, -0.25) is 9.48 Å². The van der Waals surface area contributed by atoms with Gasteiger partial charge in [0.15, 0.2) is 5.16 Å². The van der Waals surface area contributed by atoms with Crippen molar-refractivity contribution < 1.29 is 4.79 Å². The third-order valence-corrected chi connectivity index (χ3v) is 4.76. The number of thioether (sulfide) groups is 1. The van der Waals surface area contributed by atoms with Crippen LogP contribution in [0.15, 0.2) is 23.5 Å². The first kappa shape index (κ1) is 16.8. The van der Waals surface area contributed by atoms with Crippen LogP contribution in [0, 0.1) is 6.92 Å². The maximum absolute atomic E-state index is 12.3. The van der Waals surface area contributed by atoms with Crippen LogP contribution >= 0.6 is 11.8 Å². The Morgan fingerprint density at radius 2 is 2.08 bits per heavy atom. The van der Waals surface area contributed by atoms with Crippen LogP contribution in [0.2, 0.25) is 0 Å². The first-order chi connectivity index (χ1) is 11.6. The van der Waals surface area contributed by atoms with Crippen LogP contribution in [-0.2, 0) is 7.05 Å². The summed E-state index contributed by atoms with van der Waals surface area (Å²) in [7, 11) is 1.78. The average Bonchev–Trinajstić information content (AvgIpc) is 3.01. The molecular weight excluding hydrogens is 324 g/mol. The lowest BCUT2D eigenvalue weighted by atomic mass is 10.0. The summed E-state index contributed by atoms with van der Waals surface area (Å²) >= 11 is 1.56. The van der Waals surface area contributed by atoms with Crippen LogP contribution < -0.4 is 10.2 Å². The van der Waals surface area contributed by atoms with Crippen LogP contribution in [0.5, 0.6) is 0 Å². The van der Waals surface area contributed by atoms with E-state index in [0.717, 1.165) is 42.6 Å². The number of amides is 1. The largest absolute Gasteiger partial charge is 0.356 e. The molecule has 1 saturated heterocycles. The second kappa shape index (κ2) is 7.21. The van der Waals surface area contributed by atoms with Crippen molar-refractivity contribution in [3.8, 4) is 0 Å². The molecular formula is C16H22N6OS. The Morgan fingerprint density at radius 1 is 1.33 bits per heavy atom. The number of hydrogen-bond acceptors (Lipinski definition) is 6.